The summed E-state index contributed by atoms with van der Waals surface area (Å²) in [5.74, 6) is 0. The molecule has 1 aromatic rings. The summed E-state index contributed by atoms with van der Waals surface area (Å²) in [5, 5.41) is 0. The van der Waals surface area contributed by atoms with Crippen molar-refractivity contribution in [2.45, 2.75) is 11.4 Å². The molecular formula is C8H11AsBrS. The standard InChI is InChI=1S/C8H11AsBrS/c1-9(2,11-10)8-6-4-3-5-7-8/h3-7H,1-2H3. The molecule has 0 amide bonds. The van der Waals surface area contributed by atoms with Crippen LogP contribution in [0.3, 0.4) is 0 Å². The van der Waals surface area contributed by atoms with Gasteiger partial charge in [-0.2, -0.15) is 0 Å². The van der Waals surface area contributed by atoms with Crippen LogP contribution in [0.5, 0.6) is 0 Å². The minimum absolute atomic E-state index is 1.52. The van der Waals surface area contributed by atoms with Crippen LogP contribution in [0.25, 0.3) is 0 Å². The van der Waals surface area contributed by atoms with E-state index in [1.54, 1.807) is 0 Å². The van der Waals surface area contributed by atoms with E-state index < -0.39 is 12.4 Å². The molecule has 11 heavy (non-hydrogen) atoms. The van der Waals surface area contributed by atoms with E-state index in [1.165, 1.54) is 4.35 Å². The van der Waals surface area contributed by atoms with E-state index in [1.807, 2.05) is 8.46 Å². The zero-order chi connectivity index (χ0) is 8.32. The van der Waals surface area contributed by atoms with Gasteiger partial charge >= 0.3 is 81.8 Å². The zero-order valence-electron chi connectivity index (χ0n) is 6.62. The molecule has 0 saturated carbocycles. The van der Waals surface area contributed by atoms with Gasteiger partial charge in [-0.25, -0.2) is 0 Å². The van der Waals surface area contributed by atoms with E-state index in [4.69, 9.17) is 0 Å². The molecule has 0 unspecified atom stereocenters. The van der Waals surface area contributed by atoms with E-state index in [9.17, 15) is 0 Å². The molecule has 3 heteroatoms. The van der Waals surface area contributed by atoms with Gasteiger partial charge in [-0.15, -0.1) is 0 Å². The van der Waals surface area contributed by atoms with E-state index in [0.717, 1.165) is 0 Å². The SMILES string of the molecule is C[As](C)(SBr)c1ccccc1. The fourth-order valence-electron chi connectivity index (χ4n) is 0.827. The number of hydrogen-bond donors (Lipinski definition) is 0. The molecule has 0 aliphatic rings. The van der Waals surface area contributed by atoms with Gasteiger partial charge < -0.3 is 0 Å². The van der Waals surface area contributed by atoms with Crippen molar-refractivity contribution in [1.82, 2.24) is 0 Å². The Morgan fingerprint density at radius 2 is 1.73 bits per heavy atom. The monoisotopic (exact) mass is 293 g/mol. The zero-order valence-corrected chi connectivity index (χ0v) is 10.9. The Hall–Kier alpha value is 0.608. The first-order chi connectivity index (χ1) is 5.17. The van der Waals surface area contributed by atoms with Gasteiger partial charge in [0.05, 0.1) is 0 Å². The summed E-state index contributed by atoms with van der Waals surface area (Å²) in [7, 11) is 1.86. The molecule has 0 bridgehead atoms. The number of benzene rings is 1. The molecule has 0 saturated heterocycles. The first-order valence-electron chi connectivity index (χ1n) is 3.37. The molecule has 1 rings (SSSR count). The Bertz CT molecular complexity index is 223. The van der Waals surface area contributed by atoms with Gasteiger partial charge in [-0.3, -0.25) is 0 Å². The number of rotatable bonds is 2. The summed E-state index contributed by atoms with van der Waals surface area (Å²) in [6, 6.07) is 10.7. The third kappa shape index (κ3) is 2.54. The number of halogens is 1. The van der Waals surface area contributed by atoms with Crippen LogP contribution in [0.1, 0.15) is 0 Å². The molecule has 0 heterocycles. The van der Waals surface area contributed by atoms with Crippen molar-refractivity contribution in [2.24, 2.45) is 0 Å². The Balaban J connectivity index is 2.93. The minimum atomic E-state index is -1.55. The third-order valence-electron chi connectivity index (χ3n) is 1.55. The molecule has 0 aliphatic carbocycles. The van der Waals surface area contributed by atoms with Crippen molar-refractivity contribution in [3.05, 3.63) is 30.3 Å². The van der Waals surface area contributed by atoms with Gasteiger partial charge in [0, 0.05) is 0 Å². The fraction of sp³-hybridized carbons (Fsp3) is 0.250. The van der Waals surface area contributed by atoms with Crippen LogP contribution in [0.4, 0.5) is 0 Å². The van der Waals surface area contributed by atoms with Gasteiger partial charge in [0.2, 0.25) is 0 Å². The molecule has 61 valence electrons. The summed E-state index contributed by atoms with van der Waals surface area (Å²) in [5.41, 5.74) is 4.74. The Labute approximate surface area is 81.4 Å². The molecule has 0 spiro atoms. The van der Waals surface area contributed by atoms with Crippen molar-refractivity contribution >= 4 is 40.0 Å². The van der Waals surface area contributed by atoms with Crippen LogP contribution in [-0.4, -0.2) is 12.4 Å². The average molecular weight is 294 g/mol. The van der Waals surface area contributed by atoms with E-state index in [0.29, 0.717) is 0 Å². The average Bonchev–Trinajstić information content (AvgIpc) is 2.06. The van der Waals surface area contributed by atoms with Crippen LogP contribution in [0.15, 0.2) is 30.3 Å². The van der Waals surface area contributed by atoms with E-state index in [-0.39, 0.29) is 0 Å². The second kappa shape index (κ2) is 4.02. The quantitative estimate of drug-likeness (QED) is 0.755. The Morgan fingerprint density at radius 1 is 1.18 bits per heavy atom. The fourth-order valence-corrected chi connectivity index (χ4v) is 6.51. The van der Waals surface area contributed by atoms with E-state index >= 15 is 0 Å². The predicted octanol–water partition coefficient (Wildman–Crippen LogP) is 3.14. The van der Waals surface area contributed by atoms with Gasteiger partial charge in [-0.05, 0) is 0 Å². The molecule has 0 fully saturated rings. The van der Waals surface area contributed by atoms with Crippen molar-refractivity contribution in [1.29, 1.82) is 0 Å². The molecular weight excluding hydrogens is 283 g/mol. The van der Waals surface area contributed by atoms with E-state index in [2.05, 4.69) is 56.6 Å². The molecule has 0 aliphatic heterocycles. The molecule has 1 aromatic carbocycles. The first-order valence-corrected chi connectivity index (χ1v) is 13.0. The maximum absolute atomic E-state index is 3.50. The van der Waals surface area contributed by atoms with Crippen LogP contribution in [0, 0.1) is 0 Å². The third-order valence-corrected chi connectivity index (χ3v) is 19.7. The van der Waals surface area contributed by atoms with Crippen molar-refractivity contribution in [2.75, 3.05) is 0 Å². The summed E-state index contributed by atoms with van der Waals surface area (Å²) >= 11 is 1.95. The summed E-state index contributed by atoms with van der Waals surface area (Å²) in [6.45, 7) is 0. The van der Waals surface area contributed by atoms with Crippen molar-refractivity contribution in [3.8, 4) is 0 Å². The van der Waals surface area contributed by atoms with Crippen molar-refractivity contribution in [3.63, 3.8) is 0 Å². The van der Waals surface area contributed by atoms with Gasteiger partial charge in [0.25, 0.3) is 0 Å². The van der Waals surface area contributed by atoms with Crippen LogP contribution < -0.4 is 4.35 Å². The van der Waals surface area contributed by atoms with Crippen LogP contribution in [-0.2, 0) is 0 Å². The summed E-state index contributed by atoms with van der Waals surface area (Å²) in [4.78, 5) is 0. The molecule has 0 nitrogen and oxygen atoms in total. The first kappa shape index (κ1) is 9.69. The van der Waals surface area contributed by atoms with Crippen LogP contribution >= 0.6 is 23.3 Å². The summed E-state index contributed by atoms with van der Waals surface area (Å²) < 4.78 is 1.52. The second-order valence-corrected chi connectivity index (χ2v) is 19.8. The van der Waals surface area contributed by atoms with Crippen LogP contribution in [0.2, 0.25) is 11.4 Å². The summed E-state index contributed by atoms with van der Waals surface area (Å²) in [6.07, 6.45) is 0. The van der Waals surface area contributed by atoms with Crippen molar-refractivity contribution < 1.29 is 0 Å². The Morgan fingerprint density at radius 3 is 2.18 bits per heavy atom. The van der Waals surface area contributed by atoms with Gasteiger partial charge in [0.15, 0.2) is 0 Å². The second-order valence-electron chi connectivity index (χ2n) is 2.76. The van der Waals surface area contributed by atoms with Gasteiger partial charge in [0.1, 0.15) is 0 Å². The molecule has 0 N–H and O–H groups in total. The molecule has 1 radical (unpaired) electrons. The maximum atomic E-state index is 3.50. The van der Waals surface area contributed by atoms with Gasteiger partial charge in [-0.1, -0.05) is 0 Å². The topological polar surface area (TPSA) is 0 Å². The molecule has 0 atom stereocenters. The normalized spacial score (nSPS) is 11.5. The Kier molecular flexibility index (Phi) is 3.54. The number of hydrogen-bond acceptors (Lipinski definition) is 1. The molecule has 0 aromatic heterocycles. The predicted molar refractivity (Wildman–Crippen MR) is 60.1 cm³/mol.